The lowest BCUT2D eigenvalue weighted by molar-refractivity contribution is -0.138. The van der Waals surface area contributed by atoms with Crippen molar-refractivity contribution in [1.29, 1.82) is 0 Å². The molecule has 0 bridgehead atoms. The molecule has 1 aliphatic heterocycles. The molecule has 0 amide bonds. The minimum atomic E-state index is -0.673. The van der Waals surface area contributed by atoms with Crippen molar-refractivity contribution in [3.63, 3.8) is 0 Å². The van der Waals surface area contributed by atoms with Gasteiger partial charge in [-0.1, -0.05) is 0 Å². The predicted molar refractivity (Wildman–Crippen MR) is 68.2 cm³/mol. The predicted octanol–water partition coefficient (Wildman–Crippen LogP) is 1.67. The number of likely N-dealkylation sites (tertiary alicyclic amines) is 1. The Morgan fingerprint density at radius 2 is 2.22 bits per heavy atom. The van der Waals surface area contributed by atoms with E-state index in [0.29, 0.717) is 18.4 Å². The molecule has 1 saturated heterocycles. The molecule has 0 aromatic carbocycles. The minimum absolute atomic E-state index is 0.313. The van der Waals surface area contributed by atoms with E-state index in [4.69, 9.17) is 5.11 Å². The highest BCUT2D eigenvalue weighted by atomic mass is 16.4. The molecule has 100 valence electrons. The lowest BCUT2D eigenvalue weighted by Crippen LogP contribution is -2.36. The number of carbonyl (C=O) groups is 1. The molecule has 18 heavy (non-hydrogen) atoms. The summed E-state index contributed by atoms with van der Waals surface area (Å²) in [6.07, 6.45) is 4.10. The Morgan fingerprint density at radius 1 is 1.56 bits per heavy atom. The second kappa shape index (κ2) is 5.52. The Kier molecular flexibility index (Phi) is 4.01. The summed E-state index contributed by atoms with van der Waals surface area (Å²) < 4.78 is 1.91. The normalized spacial score (nSPS) is 19.9. The van der Waals surface area contributed by atoms with Crippen LogP contribution in [0.15, 0.2) is 12.3 Å². The third-order valence-electron chi connectivity index (χ3n) is 3.95. The van der Waals surface area contributed by atoms with E-state index in [1.54, 1.807) is 0 Å². The molecule has 5 heteroatoms. The van der Waals surface area contributed by atoms with Crippen LogP contribution in [0.2, 0.25) is 0 Å². The number of aromatic nitrogens is 2. The molecule has 0 spiro atoms. The van der Waals surface area contributed by atoms with Gasteiger partial charge in [-0.3, -0.25) is 14.4 Å². The first-order chi connectivity index (χ1) is 8.58. The van der Waals surface area contributed by atoms with Crippen LogP contribution in [0.5, 0.6) is 0 Å². The van der Waals surface area contributed by atoms with Crippen LogP contribution in [0.1, 0.15) is 37.9 Å². The topological polar surface area (TPSA) is 58.4 Å². The third-order valence-corrected chi connectivity index (χ3v) is 3.95. The van der Waals surface area contributed by atoms with Crippen LogP contribution < -0.4 is 0 Å². The number of piperidine rings is 1. The van der Waals surface area contributed by atoms with Crippen LogP contribution in [-0.2, 0) is 11.8 Å². The first kappa shape index (κ1) is 13.1. The molecule has 0 radical (unpaired) electrons. The lowest BCUT2D eigenvalue weighted by atomic mass is 9.92. The van der Waals surface area contributed by atoms with Crippen LogP contribution in [0.25, 0.3) is 0 Å². The van der Waals surface area contributed by atoms with Gasteiger partial charge < -0.3 is 5.11 Å². The lowest BCUT2D eigenvalue weighted by Gasteiger charge is -2.35. The SMILES string of the molecule is CC(c1ccnn1C)N1CCC(CC(=O)O)CC1. The number of hydrogen-bond acceptors (Lipinski definition) is 3. The second-order valence-electron chi connectivity index (χ2n) is 5.13. The first-order valence-electron chi connectivity index (χ1n) is 6.51. The Balaban J connectivity index is 1.90. The van der Waals surface area contributed by atoms with E-state index in [-0.39, 0.29) is 0 Å². The Labute approximate surface area is 107 Å². The Bertz CT molecular complexity index is 408. The quantitative estimate of drug-likeness (QED) is 0.884. The summed E-state index contributed by atoms with van der Waals surface area (Å²) >= 11 is 0. The second-order valence-corrected chi connectivity index (χ2v) is 5.13. The number of carboxylic acids is 1. The van der Waals surface area contributed by atoms with Crippen molar-refractivity contribution < 1.29 is 9.90 Å². The third kappa shape index (κ3) is 2.90. The average molecular weight is 251 g/mol. The molecule has 1 aliphatic rings. The van der Waals surface area contributed by atoms with E-state index >= 15 is 0 Å². The fourth-order valence-electron chi connectivity index (χ4n) is 2.77. The van der Waals surface area contributed by atoms with Gasteiger partial charge in [-0.05, 0) is 44.8 Å². The molecule has 2 heterocycles. The van der Waals surface area contributed by atoms with Crippen molar-refractivity contribution in [2.45, 2.75) is 32.2 Å². The molecule has 0 aliphatic carbocycles. The monoisotopic (exact) mass is 251 g/mol. The number of carboxylic acid groups (broad SMARTS) is 1. The highest BCUT2D eigenvalue weighted by molar-refractivity contribution is 5.67. The maximum absolute atomic E-state index is 10.7. The van der Waals surface area contributed by atoms with Crippen molar-refractivity contribution in [1.82, 2.24) is 14.7 Å². The largest absolute Gasteiger partial charge is 0.481 e. The zero-order chi connectivity index (χ0) is 13.1. The molecule has 1 aromatic rings. The zero-order valence-electron chi connectivity index (χ0n) is 11.0. The average Bonchev–Trinajstić information content (AvgIpc) is 2.75. The van der Waals surface area contributed by atoms with Gasteiger partial charge in [0.25, 0.3) is 0 Å². The van der Waals surface area contributed by atoms with Crippen LogP contribution in [0.3, 0.4) is 0 Å². The number of hydrogen-bond donors (Lipinski definition) is 1. The molecule has 1 N–H and O–H groups in total. The van der Waals surface area contributed by atoms with Gasteiger partial charge >= 0.3 is 5.97 Å². The molecule has 0 saturated carbocycles. The molecule has 1 atom stereocenters. The van der Waals surface area contributed by atoms with Gasteiger partial charge in [0.15, 0.2) is 0 Å². The van der Waals surface area contributed by atoms with Gasteiger partial charge in [-0.2, -0.15) is 5.10 Å². The van der Waals surface area contributed by atoms with E-state index in [1.165, 1.54) is 5.69 Å². The number of aliphatic carboxylic acids is 1. The zero-order valence-corrected chi connectivity index (χ0v) is 11.0. The summed E-state index contributed by atoms with van der Waals surface area (Å²) in [4.78, 5) is 13.1. The Hall–Kier alpha value is -1.36. The van der Waals surface area contributed by atoms with Crippen LogP contribution >= 0.6 is 0 Å². The molecule has 1 fully saturated rings. The van der Waals surface area contributed by atoms with E-state index in [9.17, 15) is 4.79 Å². The van der Waals surface area contributed by atoms with E-state index in [1.807, 2.05) is 24.0 Å². The maximum atomic E-state index is 10.7. The van der Waals surface area contributed by atoms with Gasteiger partial charge in [-0.15, -0.1) is 0 Å². The minimum Gasteiger partial charge on any atom is -0.481 e. The molecule has 5 nitrogen and oxygen atoms in total. The van der Waals surface area contributed by atoms with Crippen LogP contribution in [-0.4, -0.2) is 38.8 Å². The van der Waals surface area contributed by atoms with Gasteiger partial charge in [0.1, 0.15) is 0 Å². The van der Waals surface area contributed by atoms with E-state index in [0.717, 1.165) is 25.9 Å². The molecular formula is C13H21N3O2. The van der Waals surface area contributed by atoms with Crippen LogP contribution in [0, 0.1) is 5.92 Å². The van der Waals surface area contributed by atoms with Gasteiger partial charge in [0, 0.05) is 25.7 Å². The molecular weight excluding hydrogens is 230 g/mol. The fourth-order valence-corrected chi connectivity index (χ4v) is 2.77. The van der Waals surface area contributed by atoms with Crippen molar-refractivity contribution >= 4 is 5.97 Å². The van der Waals surface area contributed by atoms with Crippen molar-refractivity contribution in [2.24, 2.45) is 13.0 Å². The van der Waals surface area contributed by atoms with Crippen molar-refractivity contribution in [3.8, 4) is 0 Å². The van der Waals surface area contributed by atoms with Crippen molar-refractivity contribution in [2.75, 3.05) is 13.1 Å². The molecule has 2 rings (SSSR count). The van der Waals surface area contributed by atoms with E-state index < -0.39 is 5.97 Å². The van der Waals surface area contributed by atoms with Gasteiger partial charge in [0.2, 0.25) is 0 Å². The highest BCUT2D eigenvalue weighted by Gasteiger charge is 2.25. The summed E-state index contributed by atoms with van der Waals surface area (Å²) in [5.74, 6) is -0.328. The summed E-state index contributed by atoms with van der Waals surface area (Å²) in [7, 11) is 1.96. The van der Waals surface area contributed by atoms with Crippen molar-refractivity contribution in [3.05, 3.63) is 18.0 Å². The smallest absolute Gasteiger partial charge is 0.303 e. The number of aryl methyl sites for hydroxylation is 1. The summed E-state index contributed by atoms with van der Waals surface area (Å²) in [5.41, 5.74) is 1.21. The number of rotatable bonds is 4. The molecule has 1 unspecified atom stereocenters. The van der Waals surface area contributed by atoms with Gasteiger partial charge in [-0.25, -0.2) is 0 Å². The fraction of sp³-hybridized carbons (Fsp3) is 0.692. The summed E-state index contributed by atoms with van der Waals surface area (Å²) in [6, 6.07) is 2.40. The molecule has 1 aromatic heterocycles. The highest BCUT2D eigenvalue weighted by Crippen LogP contribution is 2.27. The number of nitrogens with zero attached hydrogens (tertiary/aromatic N) is 3. The summed E-state index contributed by atoms with van der Waals surface area (Å²) in [6.45, 7) is 4.14. The first-order valence-corrected chi connectivity index (χ1v) is 6.51. The van der Waals surface area contributed by atoms with Crippen LogP contribution in [0.4, 0.5) is 0 Å². The standard InChI is InChI=1S/C13H21N3O2/c1-10(12-3-6-14-15(12)2)16-7-4-11(5-8-16)9-13(17)18/h3,6,10-11H,4-5,7-9H2,1-2H3,(H,17,18). The Morgan fingerprint density at radius 3 is 2.72 bits per heavy atom. The summed E-state index contributed by atoms with van der Waals surface area (Å²) in [5, 5.41) is 13.0. The van der Waals surface area contributed by atoms with E-state index in [2.05, 4.69) is 16.9 Å². The van der Waals surface area contributed by atoms with Gasteiger partial charge in [0.05, 0.1) is 5.69 Å². The maximum Gasteiger partial charge on any atom is 0.303 e.